The maximum Gasteiger partial charge on any atom is 0.0678 e. The zero-order chi connectivity index (χ0) is 9.73. The average Bonchev–Trinajstić information content (AvgIpc) is 2.16. The van der Waals surface area contributed by atoms with E-state index >= 15 is 0 Å². The van der Waals surface area contributed by atoms with E-state index in [2.05, 4.69) is 37.4 Å². The van der Waals surface area contributed by atoms with Crippen LogP contribution in [-0.4, -0.2) is 32.7 Å². The van der Waals surface area contributed by atoms with Crippen molar-refractivity contribution in [2.45, 2.75) is 45.2 Å². The minimum Gasteiger partial charge on any atom is -0.301 e. The zero-order valence-electron chi connectivity index (χ0n) is 9.34. The Labute approximate surface area is 85.0 Å². The van der Waals surface area contributed by atoms with Crippen molar-refractivity contribution in [1.82, 2.24) is 4.90 Å². The lowest BCUT2D eigenvalue weighted by Crippen LogP contribution is -2.50. The highest BCUT2D eigenvalue weighted by molar-refractivity contribution is 6.46. The van der Waals surface area contributed by atoms with Gasteiger partial charge in [-0.2, -0.15) is 0 Å². The predicted octanol–water partition coefficient (Wildman–Crippen LogP) is 1.91. The Morgan fingerprint density at radius 1 is 1.15 bits per heavy atom. The van der Waals surface area contributed by atoms with Gasteiger partial charge in [0.05, 0.1) is 9.52 Å². The van der Waals surface area contributed by atoms with Gasteiger partial charge >= 0.3 is 0 Å². The van der Waals surface area contributed by atoms with E-state index in [0.29, 0.717) is 5.16 Å². The molecule has 0 saturated carbocycles. The topological polar surface area (TPSA) is 3.24 Å². The maximum absolute atomic E-state index is 2.70. The third-order valence-electron chi connectivity index (χ3n) is 3.07. The molecule has 0 unspecified atom stereocenters. The molecule has 1 nitrogen and oxygen atoms in total. The van der Waals surface area contributed by atoms with E-state index in [0.717, 1.165) is 0 Å². The van der Waals surface area contributed by atoms with Crippen molar-refractivity contribution in [3.8, 4) is 0 Å². The minimum absolute atomic E-state index is 0.0603. The van der Waals surface area contributed by atoms with Gasteiger partial charge in [0.15, 0.2) is 0 Å². The molecule has 76 valence electrons. The number of likely N-dealkylation sites (tertiary alicyclic amines) is 1. The summed E-state index contributed by atoms with van der Waals surface area (Å²) < 4.78 is 0. The van der Waals surface area contributed by atoms with Crippen LogP contribution in [0.2, 0.25) is 0 Å². The molecule has 1 fully saturated rings. The fourth-order valence-corrected chi connectivity index (χ4v) is 3.42. The van der Waals surface area contributed by atoms with E-state index in [1.807, 2.05) is 0 Å². The molecule has 1 aliphatic rings. The molecule has 0 aromatic carbocycles. The Morgan fingerprint density at radius 3 is 2.31 bits per heavy atom. The minimum atomic E-state index is -0.0603. The summed E-state index contributed by atoms with van der Waals surface area (Å²) >= 11 is 0. The molecule has 0 atom stereocenters. The van der Waals surface area contributed by atoms with Gasteiger partial charge in [-0.15, -0.1) is 5.70 Å². The van der Waals surface area contributed by atoms with Gasteiger partial charge in [0.2, 0.25) is 0 Å². The molecule has 0 radical (unpaired) electrons. The average molecular weight is 197 g/mol. The molecule has 0 bridgehead atoms. The van der Waals surface area contributed by atoms with E-state index in [1.165, 1.54) is 32.4 Å². The number of nitrogens with zero attached hydrogens (tertiary/aromatic N) is 1. The number of hydrogen-bond acceptors (Lipinski definition) is 1. The van der Waals surface area contributed by atoms with Crippen molar-refractivity contribution in [3.63, 3.8) is 0 Å². The first kappa shape index (κ1) is 11.0. The molecular formula is C11H23NSi. The summed E-state index contributed by atoms with van der Waals surface area (Å²) in [5.41, 5.74) is 2.43. The van der Waals surface area contributed by atoms with Crippen molar-refractivity contribution < 1.29 is 0 Å². The molecule has 0 aromatic rings. The molecule has 1 aliphatic heterocycles. The largest absolute Gasteiger partial charge is 0.301 e. The summed E-state index contributed by atoms with van der Waals surface area (Å²) in [5.74, 6) is 0. The van der Waals surface area contributed by atoms with Crippen molar-refractivity contribution in [2.75, 3.05) is 13.1 Å². The van der Waals surface area contributed by atoms with E-state index < -0.39 is 0 Å². The van der Waals surface area contributed by atoms with Crippen LogP contribution in [0, 0.1) is 0 Å². The van der Waals surface area contributed by atoms with E-state index in [1.54, 1.807) is 0 Å². The first-order chi connectivity index (χ1) is 6.17. The van der Waals surface area contributed by atoms with E-state index in [-0.39, 0.29) is 9.52 Å². The molecule has 1 saturated heterocycles. The number of piperidine rings is 1. The predicted molar refractivity (Wildman–Crippen MR) is 62.9 cm³/mol. The lowest BCUT2D eigenvalue weighted by Gasteiger charge is -2.40. The van der Waals surface area contributed by atoms with Crippen LogP contribution in [0.25, 0.3) is 0 Å². The Morgan fingerprint density at radius 2 is 1.77 bits per heavy atom. The molecule has 0 aliphatic carbocycles. The highest BCUT2D eigenvalue weighted by atomic mass is 28.2. The van der Waals surface area contributed by atoms with Crippen LogP contribution in [-0.2, 0) is 0 Å². The number of hydrogen-bond donors (Lipinski definition) is 0. The lowest BCUT2D eigenvalue weighted by atomic mass is 10.1. The summed E-state index contributed by atoms with van der Waals surface area (Å²) in [7, 11) is -0.0603. The van der Waals surface area contributed by atoms with Crippen LogP contribution in [0.4, 0.5) is 0 Å². The zero-order valence-corrected chi connectivity index (χ0v) is 10.8. The Bertz CT molecular complexity index is 169. The molecule has 0 N–H and O–H groups in total. The second kappa shape index (κ2) is 4.96. The molecule has 0 amide bonds. The van der Waals surface area contributed by atoms with Crippen molar-refractivity contribution in [2.24, 2.45) is 0 Å². The summed E-state index contributed by atoms with van der Waals surface area (Å²) in [6, 6.07) is 0. The van der Waals surface area contributed by atoms with Gasteiger partial charge in [0.25, 0.3) is 0 Å². The molecule has 0 spiro atoms. The highest BCUT2D eigenvalue weighted by Crippen LogP contribution is 2.19. The second-order valence-electron chi connectivity index (χ2n) is 4.63. The van der Waals surface area contributed by atoms with Gasteiger partial charge < -0.3 is 4.90 Å². The third-order valence-corrected chi connectivity index (χ3v) is 5.22. The first-order valence-corrected chi connectivity index (χ1v) is 7.05. The molecule has 1 rings (SSSR count). The standard InChI is InChI=1S/C11H23NSi/c1-4-10-13-11(2,3)12-8-6-5-7-9-12/h4,10H,5-9,13H2,1-3H3/b10-4-. The lowest BCUT2D eigenvalue weighted by molar-refractivity contribution is 0.155. The normalized spacial score (nSPS) is 22.1. The maximum atomic E-state index is 2.70. The summed E-state index contributed by atoms with van der Waals surface area (Å²) in [5, 5.41) is 0.507. The van der Waals surface area contributed by atoms with Crippen LogP contribution in [0.1, 0.15) is 40.0 Å². The summed E-state index contributed by atoms with van der Waals surface area (Å²) in [4.78, 5) is 2.70. The van der Waals surface area contributed by atoms with E-state index in [4.69, 9.17) is 0 Å². The molecular weight excluding hydrogens is 174 g/mol. The van der Waals surface area contributed by atoms with Crippen LogP contribution in [0.3, 0.4) is 0 Å². The molecule has 1 heterocycles. The number of rotatable bonds is 3. The Hall–Kier alpha value is -0.0831. The van der Waals surface area contributed by atoms with Crippen LogP contribution in [0.5, 0.6) is 0 Å². The van der Waals surface area contributed by atoms with Crippen LogP contribution < -0.4 is 0 Å². The van der Waals surface area contributed by atoms with Gasteiger partial charge in [0.1, 0.15) is 0 Å². The molecule has 13 heavy (non-hydrogen) atoms. The highest BCUT2D eigenvalue weighted by Gasteiger charge is 2.26. The summed E-state index contributed by atoms with van der Waals surface area (Å²) in [6.45, 7) is 9.64. The Balaban J connectivity index is 2.45. The quantitative estimate of drug-likeness (QED) is 0.625. The fraction of sp³-hybridized carbons (Fsp3) is 0.818. The SMILES string of the molecule is C/C=C\[SiH2]C(C)(C)N1CCCCC1. The van der Waals surface area contributed by atoms with Gasteiger partial charge in [-0.25, -0.2) is 0 Å². The molecule has 2 heteroatoms. The third kappa shape index (κ3) is 3.28. The van der Waals surface area contributed by atoms with Crippen molar-refractivity contribution >= 4 is 9.52 Å². The van der Waals surface area contributed by atoms with Gasteiger partial charge in [-0.1, -0.05) is 12.5 Å². The smallest absolute Gasteiger partial charge is 0.0678 e. The fourth-order valence-electron chi connectivity index (χ4n) is 2.03. The van der Waals surface area contributed by atoms with Gasteiger partial charge in [-0.3, -0.25) is 0 Å². The van der Waals surface area contributed by atoms with Crippen LogP contribution >= 0.6 is 0 Å². The van der Waals surface area contributed by atoms with E-state index in [9.17, 15) is 0 Å². The van der Waals surface area contributed by atoms with Gasteiger partial charge in [-0.05, 0) is 46.7 Å². The Kier molecular flexibility index (Phi) is 4.20. The summed E-state index contributed by atoms with van der Waals surface area (Å²) in [6.07, 6.45) is 6.48. The monoisotopic (exact) mass is 197 g/mol. The van der Waals surface area contributed by atoms with Gasteiger partial charge in [0, 0.05) is 5.16 Å². The van der Waals surface area contributed by atoms with Crippen molar-refractivity contribution in [1.29, 1.82) is 0 Å². The second-order valence-corrected chi connectivity index (χ2v) is 7.24. The van der Waals surface area contributed by atoms with Crippen LogP contribution in [0.15, 0.2) is 11.8 Å². The van der Waals surface area contributed by atoms with Crippen molar-refractivity contribution in [3.05, 3.63) is 11.8 Å². The molecule has 0 aromatic heterocycles. The first-order valence-electron chi connectivity index (χ1n) is 5.53. The number of allylic oxidation sites excluding steroid dienone is 1.